The van der Waals surface area contributed by atoms with Crippen LogP contribution in [0.4, 0.5) is 26.3 Å². The van der Waals surface area contributed by atoms with Gasteiger partial charge in [0.25, 0.3) is 0 Å². The Hall–Kier alpha value is -3.79. The van der Waals surface area contributed by atoms with Crippen LogP contribution < -0.4 is 10.1 Å². The minimum Gasteiger partial charge on any atom is -0.497 e. The lowest BCUT2D eigenvalue weighted by Crippen LogP contribution is -2.34. The number of ether oxygens (including phenoxy) is 1. The van der Waals surface area contributed by atoms with Crippen LogP contribution in [0.25, 0.3) is 5.57 Å². The third kappa shape index (κ3) is 8.13. The van der Waals surface area contributed by atoms with Gasteiger partial charge in [-0.15, -0.1) is 0 Å². The van der Waals surface area contributed by atoms with E-state index in [4.69, 9.17) is 4.74 Å². The van der Waals surface area contributed by atoms with Crippen LogP contribution in [-0.4, -0.2) is 37.6 Å². The largest absolute Gasteiger partial charge is 0.497 e. The summed E-state index contributed by atoms with van der Waals surface area (Å²) < 4.78 is 84.8. The van der Waals surface area contributed by atoms with Crippen LogP contribution in [0, 0.1) is 0 Å². The second-order valence-corrected chi connectivity index (χ2v) is 9.89. The molecule has 0 bridgehead atoms. The molecular formula is C31H30F6N2O2. The summed E-state index contributed by atoms with van der Waals surface area (Å²) in [6.45, 7) is 1.59. The van der Waals surface area contributed by atoms with Crippen LogP contribution in [-0.2, 0) is 23.7 Å². The van der Waals surface area contributed by atoms with E-state index in [0.717, 1.165) is 13.0 Å². The molecule has 0 radical (unpaired) electrons. The molecule has 1 atom stereocenters. The zero-order chi connectivity index (χ0) is 29.6. The highest BCUT2D eigenvalue weighted by Crippen LogP contribution is 2.36. The molecule has 0 spiro atoms. The number of benzene rings is 3. The molecule has 1 N–H and O–H groups in total. The van der Waals surface area contributed by atoms with Gasteiger partial charge in [-0.2, -0.15) is 26.3 Å². The summed E-state index contributed by atoms with van der Waals surface area (Å²) in [5.74, 6) is -0.571. The fourth-order valence-electron chi connectivity index (χ4n) is 4.86. The van der Waals surface area contributed by atoms with Gasteiger partial charge in [0, 0.05) is 19.6 Å². The minimum absolute atomic E-state index is 0.0712. The predicted molar refractivity (Wildman–Crippen MR) is 144 cm³/mol. The molecular weight excluding hydrogens is 546 g/mol. The van der Waals surface area contributed by atoms with E-state index in [1.807, 2.05) is 18.2 Å². The first-order valence-electron chi connectivity index (χ1n) is 13.1. The molecule has 10 heteroatoms. The van der Waals surface area contributed by atoms with E-state index >= 15 is 0 Å². The second-order valence-electron chi connectivity index (χ2n) is 9.89. The third-order valence-corrected chi connectivity index (χ3v) is 7.12. The van der Waals surface area contributed by atoms with Gasteiger partial charge in [-0.25, -0.2) is 0 Å². The van der Waals surface area contributed by atoms with E-state index in [9.17, 15) is 31.1 Å². The van der Waals surface area contributed by atoms with E-state index in [1.54, 1.807) is 24.3 Å². The molecule has 41 heavy (non-hydrogen) atoms. The Bertz CT molecular complexity index is 1320. The number of hydrogen-bond donors (Lipinski definition) is 1. The van der Waals surface area contributed by atoms with Gasteiger partial charge < -0.3 is 10.1 Å². The van der Waals surface area contributed by atoms with Crippen LogP contribution in [0.2, 0.25) is 0 Å². The van der Waals surface area contributed by atoms with Crippen LogP contribution in [0.15, 0.2) is 78.9 Å². The van der Waals surface area contributed by atoms with E-state index in [0.29, 0.717) is 43.0 Å². The summed E-state index contributed by atoms with van der Waals surface area (Å²) in [6, 6.07) is 18.3. The third-order valence-electron chi connectivity index (χ3n) is 7.12. The van der Waals surface area contributed by atoms with Gasteiger partial charge in [0.15, 0.2) is 0 Å². The number of nitrogens with one attached hydrogen (secondary N) is 1. The lowest BCUT2D eigenvalue weighted by Gasteiger charge is -2.28. The molecule has 0 aliphatic carbocycles. The lowest BCUT2D eigenvalue weighted by atomic mass is 9.93. The Morgan fingerprint density at radius 1 is 0.927 bits per heavy atom. The standard InChI is InChI=1S/C31H30F6N2O2/c1-41-27-9-7-24(8-10-27)28(13-16-39-14-11-23(12-15-39)22-5-3-2-4-6-22)29(40)38-20-21-17-25(30(32,33)34)19-26(18-21)31(35,36)37/h2-11,17-19,28H,12-16,20H2,1H3,(H,38,40). The summed E-state index contributed by atoms with van der Waals surface area (Å²) in [5.41, 5.74) is -0.0337. The van der Waals surface area contributed by atoms with Crippen molar-refractivity contribution in [2.45, 2.75) is 37.7 Å². The first-order valence-corrected chi connectivity index (χ1v) is 13.1. The minimum atomic E-state index is -4.96. The number of carbonyl (C=O) groups is 1. The molecule has 0 saturated carbocycles. The van der Waals surface area contributed by atoms with Crippen molar-refractivity contribution in [1.29, 1.82) is 0 Å². The SMILES string of the molecule is COc1ccc(C(CCN2CC=C(c3ccccc3)CC2)C(=O)NCc2cc(C(F)(F)F)cc(C(F)(F)F)c2)cc1. The van der Waals surface area contributed by atoms with Crippen molar-refractivity contribution in [3.8, 4) is 5.75 Å². The summed E-state index contributed by atoms with van der Waals surface area (Å²) in [5, 5.41) is 2.56. The summed E-state index contributed by atoms with van der Waals surface area (Å²) >= 11 is 0. The van der Waals surface area contributed by atoms with Crippen molar-refractivity contribution >= 4 is 11.5 Å². The van der Waals surface area contributed by atoms with Gasteiger partial charge in [-0.1, -0.05) is 48.5 Å². The number of hydrogen-bond acceptors (Lipinski definition) is 3. The normalized spacial score (nSPS) is 15.2. The van der Waals surface area contributed by atoms with Crippen LogP contribution in [0.3, 0.4) is 0 Å². The van der Waals surface area contributed by atoms with Gasteiger partial charge in [0.2, 0.25) is 5.91 Å². The molecule has 1 heterocycles. The van der Waals surface area contributed by atoms with Gasteiger partial charge in [-0.3, -0.25) is 9.69 Å². The summed E-state index contributed by atoms with van der Waals surface area (Å²) in [4.78, 5) is 15.5. The highest BCUT2D eigenvalue weighted by atomic mass is 19.4. The molecule has 0 fully saturated rings. The fourth-order valence-corrected chi connectivity index (χ4v) is 4.86. The van der Waals surface area contributed by atoms with Gasteiger partial charge in [-0.05, 0) is 72.0 Å². The van der Waals surface area contributed by atoms with Crippen molar-refractivity contribution in [2.24, 2.45) is 0 Å². The quantitative estimate of drug-likeness (QED) is 0.272. The van der Waals surface area contributed by atoms with Crippen LogP contribution in [0.5, 0.6) is 5.75 Å². The monoisotopic (exact) mass is 576 g/mol. The Kier molecular flexibility index (Phi) is 9.42. The lowest BCUT2D eigenvalue weighted by molar-refractivity contribution is -0.143. The first-order chi connectivity index (χ1) is 19.4. The molecule has 4 nitrogen and oxygen atoms in total. The van der Waals surface area contributed by atoms with Gasteiger partial charge >= 0.3 is 12.4 Å². The number of carbonyl (C=O) groups excluding carboxylic acids is 1. The number of halogens is 6. The number of nitrogens with zero attached hydrogens (tertiary/aromatic N) is 1. The van der Waals surface area contributed by atoms with Crippen molar-refractivity contribution in [2.75, 3.05) is 26.7 Å². The molecule has 218 valence electrons. The van der Waals surface area contributed by atoms with Crippen molar-refractivity contribution in [1.82, 2.24) is 10.2 Å². The Labute approximate surface area is 234 Å². The average molecular weight is 577 g/mol. The summed E-state index contributed by atoms with van der Waals surface area (Å²) in [7, 11) is 1.51. The van der Waals surface area contributed by atoms with Crippen LogP contribution in [0.1, 0.15) is 46.6 Å². The molecule has 1 amide bonds. The number of rotatable bonds is 9. The number of alkyl halides is 6. The zero-order valence-electron chi connectivity index (χ0n) is 22.4. The maximum atomic E-state index is 13.3. The van der Waals surface area contributed by atoms with E-state index < -0.39 is 41.8 Å². The van der Waals surface area contributed by atoms with E-state index in [1.165, 1.54) is 18.2 Å². The molecule has 0 aromatic heterocycles. The Morgan fingerprint density at radius 3 is 2.10 bits per heavy atom. The molecule has 3 aromatic carbocycles. The molecule has 1 aliphatic rings. The smallest absolute Gasteiger partial charge is 0.416 e. The van der Waals surface area contributed by atoms with Gasteiger partial charge in [0.1, 0.15) is 5.75 Å². The highest BCUT2D eigenvalue weighted by molar-refractivity contribution is 5.83. The number of amides is 1. The topological polar surface area (TPSA) is 41.6 Å². The second kappa shape index (κ2) is 12.8. The molecule has 3 aromatic rings. The fraction of sp³-hybridized carbons (Fsp3) is 0.323. The van der Waals surface area contributed by atoms with Crippen molar-refractivity contribution in [3.05, 3.63) is 107 Å². The maximum Gasteiger partial charge on any atom is 0.416 e. The van der Waals surface area contributed by atoms with Crippen molar-refractivity contribution < 1.29 is 35.9 Å². The van der Waals surface area contributed by atoms with E-state index in [-0.39, 0.29) is 11.6 Å². The first kappa shape index (κ1) is 30.2. The average Bonchev–Trinajstić information content (AvgIpc) is 2.96. The molecule has 0 saturated heterocycles. The number of methoxy groups -OCH3 is 1. The zero-order valence-corrected chi connectivity index (χ0v) is 22.4. The van der Waals surface area contributed by atoms with E-state index in [2.05, 4.69) is 28.4 Å². The molecule has 4 rings (SSSR count). The van der Waals surface area contributed by atoms with Crippen LogP contribution >= 0.6 is 0 Å². The molecule has 1 aliphatic heterocycles. The Balaban J connectivity index is 1.48. The summed E-state index contributed by atoms with van der Waals surface area (Å²) in [6.07, 6.45) is -6.51. The van der Waals surface area contributed by atoms with Gasteiger partial charge in [0.05, 0.1) is 24.2 Å². The maximum absolute atomic E-state index is 13.3. The van der Waals surface area contributed by atoms with Crippen molar-refractivity contribution in [3.63, 3.8) is 0 Å². The Morgan fingerprint density at radius 2 is 1.56 bits per heavy atom. The highest BCUT2D eigenvalue weighted by Gasteiger charge is 2.37. The molecule has 1 unspecified atom stereocenters. The predicted octanol–water partition coefficient (Wildman–Crippen LogP) is 7.31.